The predicted molar refractivity (Wildman–Crippen MR) is 71.4 cm³/mol. The molecule has 0 radical (unpaired) electrons. The van der Waals surface area contributed by atoms with Gasteiger partial charge in [0.05, 0.1) is 17.7 Å². The van der Waals surface area contributed by atoms with Gasteiger partial charge in [0.1, 0.15) is 0 Å². The van der Waals surface area contributed by atoms with Crippen molar-refractivity contribution in [3.63, 3.8) is 0 Å². The zero-order valence-electron chi connectivity index (χ0n) is 10.7. The van der Waals surface area contributed by atoms with Crippen LogP contribution in [0.1, 0.15) is 24.5 Å². The van der Waals surface area contributed by atoms with Gasteiger partial charge in [0.25, 0.3) is 0 Å². The van der Waals surface area contributed by atoms with E-state index in [0.29, 0.717) is 5.92 Å². The summed E-state index contributed by atoms with van der Waals surface area (Å²) in [5.74, 6) is 0.537. The average Bonchev–Trinajstić information content (AvgIpc) is 2.83. The Labute approximate surface area is 107 Å². The van der Waals surface area contributed by atoms with Crippen LogP contribution >= 0.6 is 0 Å². The Balaban J connectivity index is 2.01. The Bertz CT molecular complexity index is 513. The zero-order chi connectivity index (χ0) is 12.4. The van der Waals surface area contributed by atoms with Gasteiger partial charge < -0.3 is 9.30 Å². The Hall–Kier alpha value is -1.61. The first-order chi connectivity index (χ1) is 8.86. The molecule has 0 saturated carbocycles. The van der Waals surface area contributed by atoms with E-state index < -0.39 is 0 Å². The predicted octanol–water partition coefficient (Wildman–Crippen LogP) is 2.98. The summed E-state index contributed by atoms with van der Waals surface area (Å²) in [5, 5.41) is 0. The van der Waals surface area contributed by atoms with E-state index in [1.807, 2.05) is 12.4 Å². The van der Waals surface area contributed by atoms with Crippen LogP contribution < -0.4 is 0 Å². The lowest BCUT2D eigenvalue weighted by molar-refractivity contribution is 0.0847. The molecule has 2 heterocycles. The minimum atomic E-state index is 0.537. The molecule has 1 fully saturated rings. The number of rotatable bonds is 2. The van der Waals surface area contributed by atoms with Crippen LogP contribution in [-0.4, -0.2) is 22.8 Å². The van der Waals surface area contributed by atoms with Crippen LogP contribution in [0.15, 0.2) is 36.7 Å². The number of benzene rings is 1. The van der Waals surface area contributed by atoms with Crippen molar-refractivity contribution in [1.82, 2.24) is 9.55 Å². The molecule has 1 aromatic heterocycles. The maximum absolute atomic E-state index is 5.44. The van der Waals surface area contributed by atoms with E-state index in [0.717, 1.165) is 26.1 Å². The average molecular weight is 242 g/mol. The van der Waals surface area contributed by atoms with E-state index in [1.54, 1.807) is 0 Å². The van der Waals surface area contributed by atoms with Crippen molar-refractivity contribution in [1.29, 1.82) is 0 Å². The van der Waals surface area contributed by atoms with Crippen molar-refractivity contribution in [2.75, 3.05) is 13.2 Å². The van der Waals surface area contributed by atoms with Crippen molar-refractivity contribution in [2.24, 2.45) is 7.05 Å². The second kappa shape index (κ2) is 4.94. The molecule has 3 heteroatoms. The van der Waals surface area contributed by atoms with E-state index in [-0.39, 0.29) is 0 Å². The highest BCUT2D eigenvalue weighted by Gasteiger charge is 2.22. The summed E-state index contributed by atoms with van der Waals surface area (Å²) in [6, 6.07) is 10.5. The van der Waals surface area contributed by atoms with Gasteiger partial charge in [-0.1, -0.05) is 30.3 Å². The van der Waals surface area contributed by atoms with Crippen LogP contribution in [0.2, 0.25) is 0 Å². The van der Waals surface area contributed by atoms with Crippen LogP contribution in [0, 0.1) is 0 Å². The fourth-order valence-corrected chi connectivity index (χ4v) is 2.67. The maximum Gasteiger partial charge on any atom is 0.0951 e. The third kappa shape index (κ3) is 2.06. The van der Waals surface area contributed by atoms with Gasteiger partial charge in [-0.25, -0.2) is 4.98 Å². The van der Waals surface area contributed by atoms with Gasteiger partial charge in [0.15, 0.2) is 0 Å². The summed E-state index contributed by atoms with van der Waals surface area (Å²) in [4.78, 5) is 4.62. The summed E-state index contributed by atoms with van der Waals surface area (Å²) >= 11 is 0. The normalized spacial score (nSPS) is 16.9. The third-order valence-corrected chi connectivity index (χ3v) is 3.62. The molecular formula is C15H18N2O. The molecule has 3 nitrogen and oxygen atoms in total. The first-order valence-electron chi connectivity index (χ1n) is 6.50. The summed E-state index contributed by atoms with van der Waals surface area (Å²) in [7, 11) is 2.07. The van der Waals surface area contributed by atoms with E-state index in [1.165, 1.54) is 17.0 Å². The topological polar surface area (TPSA) is 27.1 Å². The highest BCUT2D eigenvalue weighted by molar-refractivity contribution is 5.63. The van der Waals surface area contributed by atoms with E-state index in [2.05, 4.69) is 40.9 Å². The molecule has 0 amide bonds. The van der Waals surface area contributed by atoms with Gasteiger partial charge in [-0.3, -0.25) is 0 Å². The van der Waals surface area contributed by atoms with Gasteiger partial charge >= 0.3 is 0 Å². The third-order valence-electron chi connectivity index (χ3n) is 3.62. The fraction of sp³-hybridized carbons (Fsp3) is 0.400. The number of hydrogen-bond acceptors (Lipinski definition) is 2. The zero-order valence-corrected chi connectivity index (χ0v) is 10.7. The number of hydrogen-bond donors (Lipinski definition) is 0. The minimum Gasteiger partial charge on any atom is -0.381 e. The van der Waals surface area contributed by atoms with Crippen LogP contribution in [0.5, 0.6) is 0 Å². The summed E-state index contributed by atoms with van der Waals surface area (Å²) < 4.78 is 7.56. The molecule has 1 aliphatic rings. The Morgan fingerprint density at radius 3 is 2.61 bits per heavy atom. The number of aryl methyl sites for hydroxylation is 1. The van der Waals surface area contributed by atoms with Crippen molar-refractivity contribution >= 4 is 0 Å². The van der Waals surface area contributed by atoms with Crippen LogP contribution in [0.25, 0.3) is 11.3 Å². The summed E-state index contributed by atoms with van der Waals surface area (Å²) in [6.45, 7) is 1.71. The molecular weight excluding hydrogens is 224 g/mol. The summed E-state index contributed by atoms with van der Waals surface area (Å²) in [5.41, 5.74) is 3.73. The molecule has 3 rings (SSSR count). The number of aromatic nitrogens is 2. The number of nitrogens with zero attached hydrogens (tertiary/aromatic N) is 2. The van der Waals surface area contributed by atoms with Crippen LogP contribution in [0.4, 0.5) is 0 Å². The Kier molecular flexibility index (Phi) is 3.15. The number of ether oxygens (including phenoxy) is 1. The lowest BCUT2D eigenvalue weighted by Gasteiger charge is -2.22. The minimum absolute atomic E-state index is 0.537. The van der Waals surface area contributed by atoms with Gasteiger partial charge in [0, 0.05) is 31.7 Å². The SMILES string of the molecule is Cn1cnc(C2CCOCC2)c1-c1ccccc1. The first-order valence-corrected chi connectivity index (χ1v) is 6.50. The molecule has 1 aliphatic heterocycles. The van der Waals surface area contributed by atoms with Gasteiger partial charge in [-0.2, -0.15) is 0 Å². The van der Waals surface area contributed by atoms with Crippen molar-refractivity contribution in [3.8, 4) is 11.3 Å². The van der Waals surface area contributed by atoms with E-state index >= 15 is 0 Å². The highest BCUT2D eigenvalue weighted by Crippen LogP contribution is 2.33. The molecule has 0 bridgehead atoms. The van der Waals surface area contributed by atoms with Gasteiger partial charge in [-0.05, 0) is 12.8 Å². The maximum atomic E-state index is 5.44. The number of imidazole rings is 1. The first kappa shape index (κ1) is 11.5. The van der Waals surface area contributed by atoms with Gasteiger partial charge in [0.2, 0.25) is 0 Å². The van der Waals surface area contributed by atoms with E-state index in [4.69, 9.17) is 4.74 Å². The van der Waals surface area contributed by atoms with Crippen LogP contribution in [0.3, 0.4) is 0 Å². The molecule has 94 valence electrons. The molecule has 0 atom stereocenters. The molecule has 18 heavy (non-hydrogen) atoms. The lowest BCUT2D eigenvalue weighted by Crippen LogP contribution is -2.15. The highest BCUT2D eigenvalue weighted by atomic mass is 16.5. The molecule has 0 spiro atoms. The second-order valence-corrected chi connectivity index (χ2v) is 4.84. The smallest absolute Gasteiger partial charge is 0.0951 e. The molecule has 0 unspecified atom stereocenters. The molecule has 1 saturated heterocycles. The lowest BCUT2D eigenvalue weighted by atomic mass is 9.93. The van der Waals surface area contributed by atoms with Crippen LogP contribution in [-0.2, 0) is 11.8 Å². The van der Waals surface area contributed by atoms with Gasteiger partial charge in [-0.15, -0.1) is 0 Å². The largest absolute Gasteiger partial charge is 0.381 e. The van der Waals surface area contributed by atoms with Crippen molar-refractivity contribution in [2.45, 2.75) is 18.8 Å². The van der Waals surface area contributed by atoms with Crippen molar-refractivity contribution < 1.29 is 4.74 Å². The Morgan fingerprint density at radius 2 is 1.89 bits per heavy atom. The summed E-state index contributed by atoms with van der Waals surface area (Å²) in [6.07, 6.45) is 4.08. The second-order valence-electron chi connectivity index (χ2n) is 4.84. The van der Waals surface area contributed by atoms with Crippen molar-refractivity contribution in [3.05, 3.63) is 42.4 Å². The standard InChI is InChI=1S/C15H18N2O/c1-17-11-16-14(12-7-9-18-10-8-12)15(17)13-5-3-2-4-6-13/h2-6,11-12H,7-10H2,1H3. The molecule has 0 N–H and O–H groups in total. The quantitative estimate of drug-likeness (QED) is 0.809. The monoisotopic (exact) mass is 242 g/mol. The molecule has 2 aromatic rings. The van der Waals surface area contributed by atoms with E-state index in [9.17, 15) is 0 Å². The molecule has 0 aliphatic carbocycles. The fourth-order valence-electron chi connectivity index (χ4n) is 2.67. The Morgan fingerprint density at radius 1 is 1.17 bits per heavy atom. The molecule has 1 aromatic carbocycles.